The fourth-order valence-corrected chi connectivity index (χ4v) is 2.32. The highest BCUT2D eigenvalue weighted by molar-refractivity contribution is 7.81. The monoisotopic (exact) mass is 204 g/mol. The molecule has 2 nitrogen and oxygen atoms in total. The van der Waals surface area contributed by atoms with Crippen molar-refractivity contribution >= 4 is 12.6 Å². The zero-order valence-electron chi connectivity index (χ0n) is 9.67. The Morgan fingerprint density at radius 3 is 1.77 bits per heavy atom. The summed E-state index contributed by atoms with van der Waals surface area (Å²) in [7, 11) is 4.20. The normalized spacial score (nSPS) is 16.6. The average molecular weight is 204 g/mol. The van der Waals surface area contributed by atoms with Gasteiger partial charge in [-0.2, -0.15) is 12.6 Å². The van der Waals surface area contributed by atoms with Crippen LogP contribution < -0.4 is 0 Å². The maximum Gasteiger partial charge on any atom is 0.0766 e. The number of hydrogen-bond acceptors (Lipinski definition) is 3. The van der Waals surface area contributed by atoms with Crippen molar-refractivity contribution < 1.29 is 0 Å². The van der Waals surface area contributed by atoms with E-state index in [2.05, 4.69) is 44.7 Å². The molecule has 0 saturated heterocycles. The fourth-order valence-electron chi connectivity index (χ4n) is 1.75. The summed E-state index contributed by atoms with van der Waals surface area (Å²) in [5.41, 5.74) is 0. The summed E-state index contributed by atoms with van der Waals surface area (Å²) in [5.74, 6) is 0. The molecule has 0 rings (SSSR count). The first kappa shape index (κ1) is 13.3. The fraction of sp³-hybridized carbons (Fsp3) is 1.00. The molecule has 0 aliphatic rings. The third kappa shape index (κ3) is 3.88. The Balaban J connectivity index is 4.39. The lowest BCUT2D eigenvalue weighted by atomic mass is 10.1. The van der Waals surface area contributed by atoms with Gasteiger partial charge in [0.25, 0.3) is 0 Å². The summed E-state index contributed by atoms with van der Waals surface area (Å²) in [6.07, 6.45) is 1.08. The van der Waals surface area contributed by atoms with Gasteiger partial charge in [0, 0.05) is 6.54 Å². The Morgan fingerprint density at radius 2 is 1.54 bits per heavy atom. The number of hydrogen-bond donors (Lipinski definition) is 1. The molecule has 1 atom stereocenters. The van der Waals surface area contributed by atoms with Gasteiger partial charge in [-0.05, 0) is 33.6 Å². The quantitative estimate of drug-likeness (QED) is 0.522. The maximum atomic E-state index is 4.80. The van der Waals surface area contributed by atoms with E-state index < -0.39 is 0 Å². The standard InChI is InChI=1S/C10H24N2S/c1-6-10(13,9-11(4)5)12(7-2)8-3/h13H,6-9H2,1-5H3. The summed E-state index contributed by atoms with van der Waals surface area (Å²) in [6, 6.07) is 0. The van der Waals surface area contributed by atoms with Crippen molar-refractivity contribution in [3.8, 4) is 0 Å². The Hall–Kier alpha value is 0.270. The van der Waals surface area contributed by atoms with Crippen LogP contribution in [-0.2, 0) is 0 Å². The average Bonchev–Trinajstić information content (AvgIpc) is 2.05. The molecule has 0 N–H and O–H groups in total. The van der Waals surface area contributed by atoms with Crippen LogP contribution in [0.15, 0.2) is 0 Å². The number of nitrogens with zero attached hydrogens (tertiary/aromatic N) is 2. The highest BCUT2D eigenvalue weighted by Gasteiger charge is 2.29. The van der Waals surface area contributed by atoms with Gasteiger partial charge in [-0.15, -0.1) is 0 Å². The molecular weight excluding hydrogens is 180 g/mol. The highest BCUT2D eigenvalue weighted by Crippen LogP contribution is 2.24. The molecule has 13 heavy (non-hydrogen) atoms. The van der Waals surface area contributed by atoms with Gasteiger partial charge in [0.1, 0.15) is 0 Å². The highest BCUT2D eigenvalue weighted by atomic mass is 32.1. The summed E-state index contributed by atoms with van der Waals surface area (Å²) in [4.78, 5) is 4.65. The second-order valence-corrected chi connectivity index (χ2v) is 4.58. The SMILES string of the molecule is CCN(CC)C(S)(CC)CN(C)C. The predicted octanol–water partition coefficient (Wildman–Crippen LogP) is 1.93. The van der Waals surface area contributed by atoms with Crippen molar-refractivity contribution in [1.29, 1.82) is 0 Å². The number of likely N-dealkylation sites (N-methyl/N-ethyl adjacent to an activating group) is 2. The molecule has 3 heteroatoms. The third-order valence-electron chi connectivity index (χ3n) is 2.49. The Kier molecular flexibility index (Phi) is 6.01. The van der Waals surface area contributed by atoms with E-state index in [1.807, 2.05) is 0 Å². The van der Waals surface area contributed by atoms with Crippen molar-refractivity contribution in [2.75, 3.05) is 33.7 Å². The zero-order chi connectivity index (χ0) is 10.5. The van der Waals surface area contributed by atoms with E-state index in [0.717, 1.165) is 26.1 Å². The Bertz CT molecular complexity index is 135. The maximum absolute atomic E-state index is 4.80. The largest absolute Gasteiger partial charge is 0.307 e. The first-order valence-electron chi connectivity index (χ1n) is 5.12. The Morgan fingerprint density at radius 1 is 1.08 bits per heavy atom. The van der Waals surface area contributed by atoms with Gasteiger partial charge in [-0.25, -0.2) is 0 Å². The topological polar surface area (TPSA) is 6.48 Å². The van der Waals surface area contributed by atoms with Crippen molar-refractivity contribution in [2.45, 2.75) is 32.1 Å². The molecule has 0 heterocycles. The molecule has 0 saturated carbocycles. The summed E-state index contributed by atoms with van der Waals surface area (Å²) >= 11 is 4.80. The zero-order valence-corrected chi connectivity index (χ0v) is 10.6. The first-order valence-corrected chi connectivity index (χ1v) is 5.57. The van der Waals surface area contributed by atoms with Crippen LogP contribution in [0.25, 0.3) is 0 Å². The van der Waals surface area contributed by atoms with Crippen LogP contribution >= 0.6 is 12.6 Å². The van der Waals surface area contributed by atoms with E-state index in [4.69, 9.17) is 12.6 Å². The van der Waals surface area contributed by atoms with Crippen molar-refractivity contribution in [2.24, 2.45) is 0 Å². The molecule has 0 radical (unpaired) electrons. The minimum absolute atomic E-state index is 0.0347. The summed E-state index contributed by atoms with van der Waals surface area (Å²) in [5, 5.41) is 0. The molecule has 0 fully saturated rings. The minimum atomic E-state index is 0.0347. The van der Waals surface area contributed by atoms with Crippen LogP contribution in [0.2, 0.25) is 0 Å². The third-order valence-corrected chi connectivity index (χ3v) is 3.23. The summed E-state index contributed by atoms with van der Waals surface area (Å²) < 4.78 is 0. The smallest absolute Gasteiger partial charge is 0.0766 e. The van der Waals surface area contributed by atoms with Gasteiger partial charge in [-0.3, -0.25) is 4.90 Å². The van der Waals surface area contributed by atoms with Crippen molar-refractivity contribution in [3.63, 3.8) is 0 Å². The van der Waals surface area contributed by atoms with Gasteiger partial charge < -0.3 is 4.90 Å². The molecule has 0 spiro atoms. The first-order chi connectivity index (χ1) is 6.00. The van der Waals surface area contributed by atoms with E-state index in [1.54, 1.807) is 0 Å². The van der Waals surface area contributed by atoms with Crippen LogP contribution in [0, 0.1) is 0 Å². The minimum Gasteiger partial charge on any atom is -0.307 e. The number of thiol groups is 1. The number of rotatable bonds is 6. The van der Waals surface area contributed by atoms with Gasteiger partial charge in [0.15, 0.2) is 0 Å². The van der Waals surface area contributed by atoms with E-state index in [9.17, 15) is 0 Å². The van der Waals surface area contributed by atoms with Crippen LogP contribution in [0.5, 0.6) is 0 Å². The van der Waals surface area contributed by atoms with Gasteiger partial charge in [-0.1, -0.05) is 20.8 Å². The molecule has 0 aromatic heterocycles. The lowest BCUT2D eigenvalue weighted by Gasteiger charge is -2.40. The molecule has 0 aromatic rings. The van der Waals surface area contributed by atoms with E-state index in [1.165, 1.54) is 0 Å². The summed E-state index contributed by atoms with van der Waals surface area (Å²) in [6.45, 7) is 9.74. The van der Waals surface area contributed by atoms with E-state index in [0.29, 0.717) is 0 Å². The van der Waals surface area contributed by atoms with E-state index in [-0.39, 0.29) is 4.87 Å². The van der Waals surface area contributed by atoms with Crippen LogP contribution in [-0.4, -0.2) is 48.4 Å². The molecular formula is C10H24N2S. The van der Waals surface area contributed by atoms with Gasteiger partial charge in [0.2, 0.25) is 0 Å². The van der Waals surface area contributed by atoms with Crippen molar-refractivity contribution in [1.82, 2.24) is 9.80 Å². The molecule has 80 valence electrons. The molecule has 1 unspecified atom stereocenters. The van der Waals surface area contributed by atoms with Gasteiger partial charge in [0.05, 0.1) is 4.87 Å². The molecule has 0 bridgehead atoms. The second-order valence-electron chi connectivity index (χ2n) is 3.75. The predicted molar refractivity (Wildman–Crippen MR) is 63.5 cm³/mol. The molecule has 0 aromatic carbocycles. The molecule has 0 aliphatic heterocycles. The van der Waals surface area contributed by atoms with Crippen LogP contribution in [0.1, 0.15) is 27.2 Å². The Labute approximate surface area is 88.7 Å². The van der Waals surface area contributed by atoms with Crippen LogP contribution in [0.4, 0.5) is 0 Å². The lowest BCUT2D eigenvalue weighted by molar-refractivity contribution is 0.145. The molecule has 0 amide bonds. The second kappa shape index (κ2) is 5.89. The van der Waals surface area contributed by atoms with Gasteiger partial charge >= 0.3 is 0 Å². The van der Waals surface area contributed by atoms with E-state index >= 15 is 0 Å². The lowest BCUT2D eigenvalue weighted by Crippen LogP contribution is -2.50. The van der Waals surface area contributed by atoms with Crippen LogP contribution in [0.3, 0.4) is 0 Å². The van der Waals surface area contributed by atoms with Crippen molar-refractivity contribution in [3.05, 3.63) is 0 Å². The molecule has 0 aliphatic carbocycles.